The van der Waals surface area contributed by atoms with E-state index in [9.17, 15) is 0 Å². The van der Waals surface area contributed by atoms with E-state index < -0.39 is 18.2 Å². The molecule has 0 radical (unpaired) electrons. The van der Waals surface area contributed by atoms with Crippen LogP contribution in [0.25, 0.3) is 0 Å². The van der Waals surface area contributed by atoms with Gasteiger partial charge in [0.2, 0.25) is 0 Å². The summed E-state index contributed by atoms with van der Waals surface area (Å²) in [6.45, 7) is 1.71. The van der Waals surface area contributed by atoms with Crippen LogP contribution in [0, 0.1) is 0 Å². The lowest BCUT2D eigenvalue weighted by Crippen LogP contribution is -2.60. The first-order valence-electron chi connectivity index (χ1n) is 13.2. The Kier molecular flexibility index (Phi) is 9.32. The number of hydrogen-bond donors (Lipinski definition) is 1. The van der Waals surface area contributed by atoms with Crippen LogP contribution in [0.1, 0.15) is 28.4 Å². The molecule has 1 aliphatic heterocycles. The Balaban J connectivity index is 1.39. The van der Waals surface area contributed by atoms with Gasteiger partial charge in [-0.3, -0.25) is 0 Å². The van der Waals surface area contributed by atoms with E-state index in [1.807, 2.05) is 84.9 Å². The molecule has 1 heterocycles. The molecular formula is C33H35NO4. The van der Waals surface area contributed by atoms with Gasteiger partial charge in [-0.05, 0) is 22.3 Å². The molecule has 4 aromatic carbocycles. The molecular weight excluding hydrogens is 474 g/mol. The minimum absolute atomic E-state index is 0.348. The van der Waals surface area contributed by atoms with Crippen LogP contribution in [0.2, 0.25) is 0 Å². The second kappa shape index (κ2) is 13.5. The van der Waals surface area contributed by atoms with Gasteiger partial charge in [0.15, 0.2) is 0 Å². The van der Waals surface area contributed by atoms with Crippen molar-refractivity contribution < 1.29 is 18.9 Å². The van der Waals surface area contributed by atoms with Gasteiger partial charge >= 0.3 is 0 Å². The maximum absolute atomic E-state index is 6.89. The average Bonchev–Trinajstić information content (AvgIpc) is 2.98. The highest BCUT2D eigenvalue weighted by molar-refractivity contribution is 5.22. The van der Waals surface area contributed by atoms with Crippen LogP contribution in [0.15, 0.2) is 121 Å². The maximum atomic E-state index is 6.89. The molecule has 38 heavy (non-hydrogen) atoms. The largest absolute Gasteiger partial charge is 0.374 e. The second-order valence-electron chi connectivity index (χ2n) is 9.61. The Morgan fingerprint density at radius 2 is 1.00 bits per heavy atom. The number of nitrogens with two attached hydrogens (primary N) is 1. The minimum Gasteiger partial charge on any atom is -0.374 e. The standard InChI is InChI=1S/C33H35NO4/c34-30-31(28-19-11-4-12-20-28)38-29(24-35-21-25-13-5-1-6-14-25)32(36-22-26-15-7-2-8-16-26)33(30)37-23-27-17-9-3-10-18-27/h1-20,29-33H,21-24,34H2/t29-,30+,31-,32+,33-/m1/s1. The smallest absolute Gasteiger partial charge is 0.114 e. The molecule has 0 spiro atoms. The van der Waals surface area contributed by atoms with Crippen LogP contribution >= 0.6 is 0 Å². The van der Waals surface area contributed by atoms with E-state index >= 15 is 0 Å². The summed E-state index contributed by atoms with van der Waals surface area (Å²) in [6, 6.07) is 40.1. The van der Waals surface area contributed by atoms with Crippen LogP contribution in [-0.4, -0.2) is 31.0 Å². The fourth-order valence-electron chi connectivity index (χ4n) is 4.85. The summed E-state index contributed by atoms with van der Waals surface area (Å²) in [6.07, 6.45) is -1.53. The quantitative estimate of drug-likeness (QED) is 0.275. The molecule has 0 aliphatic carbocycles. The van der Waals surface area contributed by atoms with Crippen molar-refractivity contribution in [2.45, 2.75) is 50.3 Å². The fraction of sp³-hybridized carbons (Fsp3) is 0.273. The summed E-state index contributed by atoms with van der Waals surface area (Å²) in [5, 5.41) is 0. The molecule has 4 aromatic rings. The van der Waals surface area contributed by atoms with Crippen molar-refractivity contribution in [1.29, 1.82) is 0 Å². The molecule has 0 unspecified atom stereocenters. The first-order chi connectivity index (χ1) is 18.8. The molecule has 0 saturated carbocycles. The number of hydrogen-bond acceptors (Lipinski definition) is 5. The zero-order chi connectivity index (χ0) is 26.0. The van der Waals surface area contributed by atoms with Crippen molar-refractivity contribution in [3.8, 4) is 0 Å². The summed E-state index contributed by atoms with van der Waals surface area (Å²) in [5.74, 6) is 0. The van der Waals surface area contributed by atoms with Crippen molar-refractivity contribution in [2.75, 3.05) is 6.61 Å². The average molecular weight is 510 g/mol. The monoisotopic (exact) mass is 509 g/mol. The van der Waals surface area contributed by atoms with E-state index in [4.69, 9.17) is 24.7 Å². The Morgan fingerprint density at radius 1 is 0.553 bits per heavy atom. The minimum atomic E-state index is -0.424. The summed E-state index contributed by atoms with van der Waals surface area (Å²) >= 11 is 0. The fourth-order valence-corrected chi connectivity index (χ4v) is 4.85. The summed E-state index contributed by atoms with van der Waals surface area (Å²) in [4.78, 5) is 0. The first-order valence-corrected chi connectivity index (χ1v) is 13.2. The molecule has 2 N–H and O–H groups in total. The van der Waals surface area contributed by atoms with Gasteiger partial charge in [0.1, 0.15) is 24.4 Å². The van der Waals surface area contributed by atoms with Crippen LogP contribution in [0.3, 0.4) is 0 Å². The Bertz CT molecular complexity index is 1210. The molecule has 0 amide bonds. The van der Waals surface area contributed by atoms with Crippen molar-refractivity contribution in [2.24, 2.45) is 5.73 Å². The third-order valence-corrected chi connectivity index (χ3v) is 6.83. The van der Waals surface area contributed by atoms with Crippen LogP contribution < -0.4 is 5.73 Å². The van der Waals surface area contributed by atoms with Gasteiger partial charge in [-0.1, -0.05) is 121 Å². The normalized spacial score (nSPS) is 23.2. The van der Waals surface area contributed by atoms with Gasteiger partial charge in [-0.15, -0.1) is 0 Å². The van der Waals surface area contributed by atoms with Crippen molar-refractivity contribution >= 4 is 0 Å². The Morgan fingerprint density at radius 3 is 1.53 bits per heavy atom. The second-order valence-corrected chi connectivity index (χ2v) is 9.61. The van der Waals surface area contributed by atoms with Crippen LogP contribution in [0.5, 0.6) is 0 Å². The molecule has 5 heteroatoms. The molecule has 0 bridgehead atoms. The molecule has 0 aromatic heterocycles. The predicted molar refractivity (Wildman–Crippen MR) is 148 cm³/mol. The SMILES string of the molecule is N[C@@H]1[C@@H](OCc2ccccc2)[C@@H](OCc2ccccc2)[C@@H](COCc2ccccc2)O[C@@H]1c1ccccc1. The lowest BCUT2D eigenvalue weighted by Gasteiger charge is -2.45. The summed E-state index contributed by atoms with van der Waals surface area (Å²) < 4.78 is 25.9. The lowest BCUT2D eigenvalue weighted by atomic mass is 9.89. The van der Waals surface area contributed by atoms with E-state index in [0.29, 0.717) is 26.4 Å². The van der Waals surface area contributed by atoms with E-state index in [-0.39, 0.29) is 12.2 Å². The van der Waals surface area contributed by atoms with Gasteiger partial charge in [0.25, 0.3) is 0 Å². The molecule has 5 rings (SSSR count). The highest BCUT2D eigenvalue weighted by Gasteiger charge is 2.46. The predicted octanol–water partition coefficient (Wildman–Crippen LogP) is 5.84. The summed E-state index contributed by atoms with van der Waals surface area (Å²) in [7, 11) is 0. The van der Waals surface area contributed by atoms with Crippen molar-refractivity contribution in [3.05, 3.63) is 144 Å². The summed E-state index contributed by atoms with van der Waals surface area (Å²) in [5.41, 5.74) is 11.2. The van der Waals surface area contributed by atoms with Crippen molar-refractivity contribution in [3.63, 3.8) is 0 Å². The van der Waals surface area contributed by atoms with E-state index in [0.717, 1.165) is 22.3 Å². The van der Waals surface area contributed by atoms with Gasteiger partial charge < -0.3 is 24.7 Å². The molecule has 1 aliphatic rings. The zero-order valence-electron chi connectivity index (χ0n) is 21.5. The van der Waals surface area contributed by atoms with Gasteiger partial charge in [-0.2, -0.15) is 0 Å². The van der Waals surface area contributed by atoms with Gasteiger partial charge in [-0.25, -0.2) is 0 Å². The topological polar surface area (TPSA) is 62.9 Å². The third kappa shape index (κ3) is 6.95. The van der Waals surface area contributed by atoms with Crippen LogP contribution in [-0.2, 0) is 38.8 Å². The van der Waals surface area contributed by atoms with E-state index in [1.54, 1.807) is 0 Å². The zero-order valence-corrected chi connectivity index (χ0v) is 21.5. The Labute approximate surface area is 225 Å². The van der Waals surface area contributed by atoms with E-state index in [1.165, 1.54) is 0 Å². The number of benzene rings is 4. The molecule has 5 nitrogen and oxygen atoms in total. The molecule has 1 saturated heterocycles. The highest BCUT2D eigenvalue weighted by atomic mass is 16.6. The van der Waals surface area contributed by atoms with E-state index in [2.05, 4.69) is 36.4 Å². The number of ether oxygens (including phenoxy) is 4. The number of rotatable bonds is 11. The van der Waals surface area contributed by atoms with Crippen molar-refractivity contribution in [1.82, 2.24) is 0 Å². The first kappa shape index (κ1) is 26.3. The lowest BCUT2D eigenvalue weighted by molar-refractivity contribution is -0.230. The van der Waals surface area contributed by atoms with Gasteiger partial charge in [0, 0.05) is 0 Å². The maximum Gasteiger partial charge on any atom is 0.114 e. The third-order valence-electron chi connectivity index (χ3n) is 6.83. The van der Waals surface area contributed by atoms with Gasteiger partial charge in [0.05, 0.1) is 32.5 Å². The highest BCUT2D eigenvalue weighted by Crippen LogP contribution is 2.35. The van der Waals surface area contributed by atoms with Crippen LogP contribution in [0.4, 0.5) is 0 Å². The molecule has 5 atom stereocenters. The molecule has 1 fully saturated rings. The Hall–Kier alpha value is -3.32. The molecule has 196 valence electrons.